The van der Waals surface area contributed by atoms with Crippen LogP contribution in [0.4, 0.5) is 0 Å². The molecule has 3 nitrogen and oxygen atoms in total. The first-order valence-corrected chi connectivity index (χ1v) is 36.8. The summed E-state index contributed by atoms with van der Waals surface area (Å²) in [4.78, 5) is 0. The van der Waals surface area contributed by atoms with Gasteiger partial charge in [-0.15, -0.1) is 0 Å². The maximum absolute atomic E-state index is 15.7. The van der Waals surface area contributed by atoms with Crippen LogP contribution >= 0.6 is 0 Å². The van der Waals surface area contributed by atoms with E-state index in [2.05, 4.69) is 27.7 Å². The van der Waals surface area contributed by atoms with Gasteiger partial charge >= 0.3 is 318 Å². The van der Waals surface area contributed by atoms with Gasteiger partial charge in [-0.25, -0.2) is 0 Å². The first kappa shape index (κ1) is 68.4. The zero-order valence-electron chi connectivity index (χ0n) is 48.2. The molecule has 0 aliphatic rings. The van der Waals surface area contributed by atoms with Gasteiger partial charge in [-0.3, -0.25) is 0 Å². The molecule has 4 heteroatoms. The summed E-state index contributed by atoms with van der Waals surface area (Å²) >= 11 is -4.85. The van der Waals surface area contributed by atoms with Crippen LogP contribution in [0.2, 0.25) is 9.45 Å². The van der Waals surface area contributed by atoms with Gasteiger partial charge in [0.25, 0.3) is 0 Å². The van der Waals surface area contributed by atoms with Crippen molar-refractivity contribution in [3.8, 4) is 0 Å². The van der Waals surface area contributed by atoms with E-state index < -0.39 is 16.1 Å². The van der Waals surface area contributed by atoms with Crippen LogP contribution in [0.3, 0.4) is 0 Å². The zero-order chi connectivity index (χ0) is 49.3. The molecule has 0 fully saturated rings. The number of hydrogen-bond acceptors (Lipinski definition) is 3. The van der Waals surface area contributed by atoms with Crippen molar-refractivity contribution in [2.24, 2.45) is 0 Å². The van der Waals surface area contributed by atoms with Crippen molar-refractivity contribution in [3.63, 3.8) is 0 Å². The fourth-order valence-electron chi connectivity index (χ4n) is 11.0. The molecule has 0 bridgehead atoms. The van der Waals surface area contributed by atoms with Gasteiger partial charge in [-0.1, -0.05) is 118 Å². The SMILES string of the molecule is CCCCCCCCCCCCCCCC[O][Ti](=[O])([CH2]CCCCCCCCCCCCCCC)([CH2]CCCCCCCCCCCCCCC)[O]CCCCCCCCCCCCCCCC. The quantitative estimate of drug-likeness (QED) is 0.0450. The van der Waals surface area contributed by atoms with E-state index in [4.69, 9.17) is 6.64 Å². The van der Waals surface area contributed by atoms with Crippen molar-refractivity contribution in [3.05, 3.63) is 0 Å². The predicted molar refractivity (Wildman–Crippen MR) is 303 cm³/mol. The van der Waals surface area contributed by atoms with Crippen molar-refractivity contribution in [2.75, 3.05) is 13.2 Å². The topological polar surface area (TPSA) is 35.5 Å². The third-order valence-electron chi connectivity index (χ3n) is 15.9. The first-order valence-electron chi connectivity index (χ1n) is 32.7. The summed E-state index contributed by atoms with van der Waals surface area (Å²) in [5.41, 5.74) is 0. The van der Waals surface area contributed by atoms with Gasteiger partial charge in [-0.2, -0.15) is 0 Å². The molecule has 0 N–H and O–H groups in total. The van der Waals surface area contributed by atoms with E-state index in [1.807, 2.05) is 0 Å². The second-order valence-corrected chi connectivity index (χ2v) is 29.7. The summed E-state index contributed by atoms with van der Waals surface area (Å²) in [6, 6.07) is 0. The monoisotopic (exact) mass is 997 g/mol. The molecular weight excluding hydrogens is 865 g/mol. The minimum Gasteiger partial charge on any atom is -0.0654 e. The van der Waals surface area contributed by atoms with Crippen LogP contribution in [0.1, 0.15) is 387 Å². The third-order valence-corrected chi connectivity index (χ3v) is 22.6. The van der Waals surface area contributed by atoms with Gasteiger partial charge in [0.15, 0.2) is 0 Å². The van der Waals surface area contributed by atoms with Crippen LogP contribution in [0.5, 0.6) is 0 Å². The Labute approximate surface area is 433 Å². The molecule has 0 spiro atoms. The fourth-order valence-corrected chi connectivity index (χ4v) is 17.2. The van der Waals surface area contributed by atoms with Gasteiger partial charge in [0.05, 0.1) is 0 Å². The van der Waals surface area contributed by atoms with E-state index in [9.17, 15) is 0 Å². The van der Waals surface area contributed by atoms with Gasteiger partial charge in [0.1, 0.15) is 0 Å². The Balaban J connectivity index is 5.09. The standard InChI is InChI=1S/2C16H33O.2C16H33.O.Ti/c2*1-2-3-4-5-6-7-8-9-10-11-12-13-14-15-16-17;2*1-3-5-7-9-11-13-15-16-14-12-10-8-6-4-2;;/h2*2-16H2,1H3;2*1,3-16H2,2H3;;/q2*-1;;;;+2. The number of unbranched alkanes of at least 4 members (excludes halogenated alkanes) is 52. The summed E-state index contributed by atoms with van der Waals surface area (Å²) in [6.45, 7) is 10.5. The van der Waals surface area contributed by atoms with Crippen molar-refractivity contribution >= 4 is 0 Å². The van der Waals surface area contributed by atoms with Crippen molar-refractivity contribution < 1.29 is 26.0 Å². The van der Waals surface area contributed by atoms with Gasteiger partial charge in [0.2, 0.25) is 0 Å². The average molecular weight is 998 g/mol. The first-order chi connectivity index (χ1) is 33.5. The molecule has 0 aliphatic heterocycles. The van der Waals surface area contributed by atoms with E-state index in [1.165, 1.54) is 334 Å². The minimum atomic E-state index is -4.85. The Morgan fingerprint density at radius 2 is 0.324 bits per heavy atom. The van der Waals surface area contributed by atoms with E-state index in [-0.39, 0.29) is 0 Å². The van der Waals surface area contributed by atoms with Crippen LogP contribution in [0, 0.1) is 0 Å². The van der Waals surface area contributed by atoms with Crippen LogP contribution in [-0.4, -0.2) is 13.2 Å². The second-order valence-electron chi connectivity index (χ2n) is 22.9. The normalized spacial score (nSPS) is 12.2. The third kappa shape index (κ3) is 51.3. The van der Waals surface area contributed by atoms with Crippen molar-refractivity contribution in [1.82, 2.24) is 0 Å². The van der Waals surface area contributed by atoms with E-state index in [1.54, 1.807) is 0 Å². The Morgan fingerprint density at radius 3 is 0.485 bits per heavy atom. The summed E-state index contributed by atoms with van der Waals surface area (Å²) in [6.07, 6.45) is 75.8. The fraction of sp³-hybridized carbons (Fsp3) is 1.00. The van der Waals surface area contributed by atoms with Gasteiger partial charge in [-0.05, 0) is 0 Å². The molecular formula is C64H132O3Ti. The molecule has 68 heavy (non-hydrogen) atoms. The Morgan fingerprint density at radius 1 is 0.191 bits per heavy atom. The molecule has 0 aromatic rings. The van der Waals surface area contributed by atoms with E-state index >= 15 is 3.32 Å². The van der Waals surface area contributed by atoms with E-state index in [0.29, 0.717) is 22.7 Å². The summed E-state index contributed by atoms with van der Waals surface area (Å²) in [5.74, 6) is 0. The van der Waals surface area contributed by atoms with Crippen LogP contribution in [-0.2, 0) is 26.0 Å². The molecule has 0 saturated carbocycles. The molecule has 0 heterocycles. The molecule has 0 unspecified atom stereocenters. The Hall–Kier alpha value is 0.434. The molecule has 0 saturated heterocycles. The number of rotatable bonds is 62. The minimum absolute atomic E-state index is 0.647. The summed E-state index contributed by atoms with van der Waals surface area (Å²) in [7, 11) is 0. The molecule has 0 radical (unpaired) electrons. The zero-order valence-corrected chi connectivity index (χ0v) is 49.7. The smallest absolute Gasteiger partial charge is 0.0654 e. The Bertz CT molecular complexity index is 904. The van der Waals surface area contributed by atoms with Crippen molar-refractivity contribution in [2.45, 2.75) is 397 Å². The second kappa shape index (κ2) is 56.7. The summed E-state index contributed by atoms with van der Waals surface area (Å²) < 4.78 is 30.9. The average Bonchev–Trinajstić information content (AvgIpc) is 3.34. The van der Waals surface area contributed by atoms with Crippen LogP contribution < -0.4 is 0 Å². The maximum atomic E-state index is 15.7. The van der Waals surface area contributed by atoms with Gasteiger partial charge in [0, 0.05) is 0 Å². The van der Waals surface area contributed by atoms with Crippen LogP contribution in [0.25, 0.3) is 0 Å². The molecule has 0 aliphatic carbocycles. The summed E-state index contributed by atoms with van der Waals surface area (Å²) in [5, 5.41) is 0. The Kier molecular flexibility index (Phi) is 57.1. The molecule has 0 atom stereocenters. The molecule has 0 rings (SSSR count). The molecule has 410 valence electrons. The molecule has 0 amide bonds. The number of hydrogen-bond donors (Lipinski definition) is 0. The van der Waals surface area contributed by atoms with Crippen LogP contribution in [0.15, 0.2) is 0 Å². The van der Waals surface area contributed by atoms with Crippen molar-refractivity contribution in [1.29, 1.82) is 0 Å². The molecule has 0 aromatic heterocycles. The van der Waals surface area contributed by atoms with Gasteiger partial charge < -0.3 is 0 Å². The predicted octanol–water partition coefficient (Wildman–Crippen LogP) is 24.6. The molecule has 0 aromatic carbocycles. The van der Waals surface area contributed by atoms with E-state index in [0.717, 1.165) is 25.7 Å².